The van der Waals surface area contributed by atoms with Crippen molar-refractivity contribution >= 4 is 17.8 Å². The number of carboxylic acid groups (broad SMARTS) is 1. The van der Waals surface area contributed by atoms with Crippen LogP contribution in [0.4, 0.5) is 10.6 Å². The molecule has 0 fully saturated rings. The number of pyridine rings is 1. The van der Waals surface area contributed by atoms with Crippen molar-refractivity contribution < 1.29 is 14.7 Å². The first-order chi connectivity index (χ1) is 7.08. The number of carbonyl (C=O) groups excluding carboxylic acids is 1. The summed E-state index contributed by atoms with van der Waals surface area (Å²) in [6.45, 7) is 1.37. The number of carboxylic acids is 1. The topological polar surface area (TPSA) is 91.3 Å². The molecule has 6 nitrogen and oxygen atoms in total. The number of aromatic nitrogens is 1. The van der Waals surface area contributed by atoms with Crippen LogP contribution in [0.1, 0.15) is 5.69 Å². The van der Waals surface area contributed by atoms with Gasteiger partial charge in [0, 0.05) is 5.69 Å². The number of nitrogens with zero attached hydrogens (tertiary/aromatic N) is 1. The Morgan fingerprint density at radius 2 is 2.20 bits per heavy atom. The van der Waals surface area contributed by atoms with Gasteiger partial charge in [0.05, 0.1) is 0 Å². The standard InChI is InChI=1S/C9H11N3O3/c1-6-3-2-4-7(11-6)12-9(15)10-5-8(13)14/h2-4H,5H2,1H3,(H,13,14)(H2,10,11,12,15). The molecule has 15 heavy (non-hydrogen) atoms. The van der Waals surface area contributed by atoms with Crippen molar-refractivity contribution in [3.05, 3.63) is 23.9 Å². The smallest absolute Gasteiger partial charge is 0.323 e. The van der Waals surface area contributed by atoms with Crippen molar-refractivity contribution in [2.24, 2.45) is 0 Å². The normalized spacial score (nSPS) is 9.40. The van der Waals surface area contributed by atoms with Gasteiger partial charge in [0.15, 0.2) is 0 Å². The quantitative estimate of drug-likeness (QED) is 0.679. The first kappa shape index (κ1) is 11.0. The molecule has 0 saturated carbocycles. The summed E-state index contributed by atoms with van der Waals surface area (Å²) < 4.78 is 0. The molecule has 0 aliphatic heterocycles. The van der Waals surface area contributed by atoms with Crippen LogP contribution in [0, 0.1) is 6.92 Å². The molecule has 1 aromatic heterocycles. The highest BCUT2D eigenvalue weighted by atomic mass is 16.4. The largest absolute Gasteiger partial charge is 0.480 e. The molecule has 1 aromatic rings. The molecule has 2 amide bonds. The van der Waals surface area contributed by atoms with E-state index in [1.807, 2.05) is 0 Å². The number of hydrogen-bond acceptors (Lipinski definition) is 3. The summed E-state index contributed by atoms with van der Waals surface area (Å²) >= 11 is 0. The molecular formula is C9H11N3O3. The number of hydrogen-bond donors (Lipinski definition) is 3. The maximum Gasteiger partial charge on any atom is 0.323 e. The second-order valence-corrected chi connectivity index (χ2v) is 2.87. The summed E-state index contributed by atoms with van der Waals surface area (Å²) in [6.07, 6.45) is 0. The van der Waals surface area contributed by atoms with Crippen LogP contribution in [-0.2, 0) is 4.79 Å². The van der Waals surface area contributed by atoms with E-state index in [-0.39, 0.29) is 0 Å². The van der Waals surface area contributed by atoms with Crippen molar-refractivity contribution in [3.63, 3.8) is 0 Å². The van der Waals surface area contributed by atoms with Gasteiger partial charge in [-0.1, -0.05) is 6.07 Å². The van der Waals surface area contributed by atoms with Crippen molar-refractivity contribution in [2.75, 3.05) is 11.9 Å². The number of aliphatic carboxylic acids is 1. The maximum atomic E-state index is 11.1. The lowest BCUT2D eigenvalue weighted by Crippen LogP contribution is -2.33. The predicted molar refractivity (Wildman–Crippen MR) is 53.6 cm³/mol. The molecule has 0 aliphatic carbocycles. The lowest BCUT2D eigenvalue weighted by atomic mass is 10.4. The van der Waals surface area contributed by atoms with Gasteiger partial charge in [-0.15, -0.1) is 0 Å². The molecule has 3 N–H and O–H groups in total. The minimum absolute atomic E-state index is 0.387. The molecule has 0 spiro atoms. The summed E-state index contributed by atoms with van der Waals surface area (Å²) in [4.78, 5) is 25.3. The van der Waals surface area contributed by atoms with Gasteiger partial charge in [-0.25, -0.2) is 9.78 Å². The first-order valence-electron chi connectivity index (χ1n) is 4.28. The molecule has 80 valence electrons. The minimum atomic E-state index is -1.10. The van der Waals surface area contributed by atoms with E-state index < -0.39 is 18.5 Å². The van der Waals surface area contributed by atoms with E-state index in [9.17, 15) is 9.59 Å². The molecular weight excluding hydrogens is 198 g/mol. The Labute approximate surface area is 86.3 Å². The predicted octanol–water partition coefficient (Wildman–Crippen LogP) is 0.596. The number of carbonyl (C=O) groups is 2. The van der Waals surface area contributed by atoms with Crippen molar-refractivity contribution in [2.45, 2.75) is 6.92 Å². The van der Waals surface area contributed by atoms with E-state index in [0.29, 0.717) is 5.82 Å². The zero-order valence-electron chi connectivity index (χ0n) is 8.15. The average Bonchev–Trinajstić information content (AvgIpc) is 2.15. The molecule has 0 unspecified atom stereocenters. The van der Waals surface area contributed by atoms with Gasteiger partial charge in [-0.2, -0.15) is 0 Å². The fourth-order valence-electron chi connectivity index (χ4n) is 0.929. The van der Waals surface area contributed by atoms with E-state index >= 15 is 0 Å². The van der Waals surface area contributed by atoms with E-state index in [1.54, 1.807) is 25.1 Å². The number of amides is 2. The van der Waals surface area contributed by atoms with Crippen LogP contribution in [0.3, 0.4) is 0 Å². The van der Waals surface area contributed by atoms with Crippen LogP contribution in [0.5, 0.6) is 0 Å². The van der Waals surface area contributed by atoms with Crippen molar-refractivity contribution in [1.29, 1.82) is 0 Å². The van der Waals surface area contributed by atoms with Crippen LogP contribution in [0.2, 0.25) is 0 Å². The monoisotopic (exact) mass is 209 g/mol. The Bertz CT molecular complexity index is 379. The minimum Gasteiger partial charge on any atom is -0.480 e. The van der Waals surface area contributed by atoms with Gasteiger partial charge < -0.3 is 10.4 Å². The third-order valence-electron chi connectivity index (χ3n) is 1.53. The second-order valence-electron chi connectivity index (χ2n) is 2.87. The van der Waals surface area contributed by atoms with Crippen molar-refractivity contribution in [1.82, 2.24) is 10.3 Å². The lowest BCUT2D eigenvalue weighted by molar-refractivity contribution is -0.135. The van der Waals surface area contributed by atoms with Crippen LogP contribution in [0.15, 0.2) is 18.2 Å². The summed E-state index contributed by atoms with van der Waals surface area (Å²) in [5, 5.41) is 12.9. The van der Waals surface area contributed by atoms with E-state index in [2.05, 4.69) is 15.6 Å². The van der Waals surface area contributed by atoms with Gasteiger partial charge >= 0.3 is 12.0 Å². The number of anilines is 1. The molecule has 0 atom stereocenters. The fourth-order valence-corrected chi connectivity index (χ4v) is 0.929. The highest BCUT2D eigenvalue weighted by Crippen LogP contribution is 2.02. The third-order valence-corrected chi connectivity index (χ3v) is 1.53. The Morgan fingerprint density at radius 3 is 2.80 bits per heavy atom. The average molecular weight is 209 g/mol. The lowest BCUT2D eigenvalue weighted by Gasteiger charge is -2.05. The number of nitrogens with one attached hydrogen (secondary N) is 2. The van der Waals surface area contributed by atoms with Crippen LogP contribution < -0.4 is 10.6 Å². The van der Waals surface area contributed by atoms with Gasteiger partial charge in [0.2, 0.25) is 0 Å². The Kier molecular flexibility index (Phi) is 3.61. The van der Waals surface area contributed by atoms with Gasteiger partial charge in [0.25, 0.3) is 0 Å². The van der Waals surface area contributed by atoms with Crippen LogP contribution in [0.25, 0.3) is 0 Å². The molecule has 0 bridgehead atoms. The summed E-state index contributed by atoms with van der Waals surface area (Å²) in [5.74, 6) is -0.708. The maximum absolute atomic E-state index is 11.1. The van der Waals surface area contributed by atoms with E-state index in [4.69, 9.17) is 5.11 Å². The molecule has 0 radical (unpaired) electrons. The van der Waals surface area contributed by atoms with E-state index in [1.165, 1.54) is 0 Å². The van der Waals surface area contributed by atoms with Gasteiger partial charge in [0.1, 0.15) is 12.4 Å². The zero-order valence-corrected chi connectivity index (χ0v) is 8.15. The van der Waals surface area contributed by atoms with Crippen molar-refractivity contribution in [3.8, 4) is 0 Å². The Morgan fingerprint density at radius 1 is 1.47 bits per heavy atom. The summed E-state index contributed by atoms with van der Waals surface area (Å²) in [5.41, 5.74) is 0.769. The molecule has 1 heterocycles. The SMILES string of the molecule is Cc1cccc(NC(=O)NCC(=O)O)n1. The number of rotatable bonds is 3. The van der Waals surface area contributed by atoms with E-state index in [0.717, 1.165) is 5.69 Å². The zero-order chi connectivity index (χ0) is 11.3. The van der Waals surface area contributed by atoms with Crippen LogP contribution in [-0.4, -0.2) is 28.6 Å². The number of aryl methyl sites for hydroxylation is 1. The Balaban J connectivity index is 2.48. The molecule has 6 heteroatoms. The molecule has 0 aromatic carbocycles. The molecule has 0 saturated heterocycles. The Hall–Kier alpha value is -2.11. The van der Waals surface area contributed by atoms with Gasteiger partial charge in [-0.05, 0) is 19.1 Å². The first-order valence-corrected chi connectivity index (χ1v) is 4.28. The fraction of sp³-hybridized carbons (Fsp3) is 0.222. The number of urea groups is 1. The molecule has 0 aliphatic rings. The summed E-state index contributed by atoms with van der Waals surface area (Å²) in [6, 6.07) is 4.57. The second kappa shape index (κ2) is 4.94. The third kappa shape index (κ3) is 4.08. The highest BCUT2D eigenvalue weighted by Gasteiger charge is 2.04. The molecule has 1 rings (SSSR count). The van der Waals surface area contributed by atoms with Crippen LogP contribution >= 0.6 is 0 Å². The highest BCUT2D eigenvalue weighted by molar-refractivity contribution is 5.90. The van der Waals surface area contributed by atoms with Gasteiger partial charge in [-0.3, -0.25) is 10.1 Å². The summed E-state index contributed by atoms with van der Waals surface area (Å²) in [7, 11) is 0.